The van der Waals surface area contributed by atoms with E-state index in [0.29, 0.717) is 23.2 Å². The van der Waals surface area contributed by atoms with Gasteiger partial charge in [0.2, 0.25) is 0 Å². The highest BCUT2D eigenvalue weighted by Crippen LogP contribution is 2.34. The molecular formula is C14H21ClN2O2. The molecular weight excluding hydrogens is 264 g/mol. The van der Waals surface area contributed by atoms with Gasteiger partial charge in [-0.2, -0.15) is 0 Å². The summed E-state index contributed by atoms with van der Waals surface area (Å²) in [5, 5.41) is 10.7. The molecule has 1 aliphatic heterocycles. The second kappa shape index (κ2) is 6.46. The van der Waals surface area contributed by atoms with Crippen LogP contribution in [0.5, 0.6) is 11.5 Å². The van der Waals surface area contributed by atoms with Crippen LogP contribution >= 0.6 is 11.6 Å². The van der Waals surface area contributed by atoms with Gasteiger partial charge in [0.25, 0.3) is 0 Å². The number of likely N-dealkylation sites (tertiary alicyclic amines) is 1. The van der Waals surface area contributed by atoms with Crippen molar-refractivity contribution in [3.05, 3.63) is 22.7 Å². The highest BCUT2D eigenvalue weighted by Gasteiger charge is 2.20. The topological polar surface area (TPSA) is 58.7 Å². The maximum Gasteiger partial charge on any atom is 0.162 e. The first-order valence-corrected chi connectivity index (χ1v) is 6.99. The van der Waals surface area contributed by atoms with E-state index in [1.807, 2.05) is 0 Å². The Bertz CT molecular complexity index is 432. The molecule has 5 heteroatoms. The van der Waals surface area contributed by atoms with Crippen LogP contribution in [0.4, 0.5) is 0 Å². The molecule has 19 heavy (non-hydrogen) atoms. The summed E-state index contributed by atoms with van der Waals surface area (Å²) < 4.78 is 5.12. The Morgan fingerprint density at radius 1 is 1.42 bits per heavy atom. The lowest BCUT2D eigenvalue weighted by Crippen LogP contribution is -2.35. The lowest BCUT2D eigenvalue weighted by molar-refractivity contribution is 0.178. The third-order valence-corrected chi connectivity index (χ3v) is 3.99. The van der Waals surface area contributed by atoms with E-state index in [-0.39, 0.29) is 5.75 Å². The first-order valence-electron chi connectivity index (χ1n) is 6.61. The van der Waals surface area contributed by atoms with Gasteiger partial charge in [-0.3, -0.25) is 4.90 Å². The lowest BCUT2D eigenvalue weighted by Gasteiger charge is -2.31. The van der Waals surface area contributed by atoms with Gasteiger partial charge >= 0.3 is 0 Å². The molecule has 0 bridgehead atoms. The van der Waals surface area contributed by atoms with Crippen LogP contribution in [0.1, 0.15) is 18.4 Å². The molecule has 1 aromatic rings. The summed E-state index contributed by atoms with van der Waals surface area (Å²) in [6, 6.07) is 3.43. The molecule has 1 aliphatic rings. The molecule has 2 rings (SSSR count). The van der Waals surface area contributed by atoms with Gasteiger partial charge < -0.3 is 15.6 Å². The number of hydrogen-bond donors (Lipinski definition) is 2. The molecule has 0 spiro atoms. The average Bonchev–Trinajstić information content (AvgIpc) is 2.43. The fourth-order valence-electron chi connectivity index (χ4n) is 2.53. The van der Waals surface area contributed by atoms with Gasteiger partial charge in [0.05, 0.1) is 7.11 Å². The molecule has 0 aliphatic carbocycles. The summed E-state index contributed by atoms with van der Waals surface area (Å²) >= 11 is 6.04. The zero-order chi connectivity index (χ0) is 13.8. The second-order valence-corrected chi connectivity index (χ2v) is 5.51. The van der Waals surface area contributed by atoms with Crippen LogP contribution in [0.2, 0.25) is 5.02 Å². The van der Waals surface area contributed by atoms with Gasteiger partial charge in [-0.1, -0.05) is 11.6 Å². The van der Waals surface area contributed by atoms with Crippen LogP contribution < -0.4 is 10.5 Å². The van der Waals surface area contributed by atoms with Gasteiger partial charge in [-0.15, -0.1) is 0 Å². The Morgan fingerprint density at radius 3 is 2.68 bits per heavy atom. The molecule has 106 valence electrons. The predicted molar refractivity (Wildman–Crippen MR) is 76.7 cm³/mol. The molecule has 1 aromatic carbocycles. The number of benzene rings is 1. The van der Waals surface area contributed by atoms with Crippen molar-refractivity contribution in [3.8, 4) is 11.5 Å². The number of aromatic hydroxyl groups is 1. The standard InChI is InChI=1S/C14H21ClN2O2/c1-19-13-7-12(15)6-11(14(13)18)9-17-4-2-10(8-16)3-5-17/h6-7,10,18H,2-5,8-9,16H2,1H3. The summed E-state index contributed by atoms with van der Waals surface area (Å²) in [7, 11) is 1.53. The Morgan fingerprint density at radius 2 is 2.11 bits per heavy atom. The molecule has 1 fully saturated rings. The zero-order valence-electron chi connectivity index (χ0n) is 11.2. The van der Waals surface area contributed by atoms with Gasteiger partial charge in [0.15, 0.2) is 11.5 Å². The van der Waals surface area contributed by atoms with E-state index in [9.17, 15) is 5.11 Å². The lowest BCUT2D eigenvalue weighted by atomic mass is 9.97. The number of hydrogen-bond acceptors (Lipinski definition) is 4. The number of nitrogens with zero attached hydrogens (tertiary/aromatic N) is 1. The van der Waals surface area contributed by atoms with E-state index >= 15 is 0 Å². The number of rotatable bonds is 4. The van der Waals surface area contributed by atoms with E-state index in [1.54, 1.807) is 12.1 Å². The SMILES string of the molecule is COc1cc(Cl)cc(CN2CCC(CN)CC2)c1O. The molecule has 0 aromatic heterocycles. The zero-order valence-corrected chi connectivity index (χ0v) is 12.0. The van der Waals surface area contributed by atoms with Crippen molar-refractivity contribution >= 4 is 11.6 Å². The monoisotopic (exact) mass is 284 g/mol. The third-order valence-electron chi connectivity index (χ3n) is 3.77. The average molecular weight is 285 g/mol. The summed E-state index contributed by atoms with van der Waals surface area (Å²) in [5.41, 5.74) is 6.51. The second-order valence-electron chi connectivity index (χ2n) is 5.07. The first-order chi connectivity index (χ1) is 9.13. The molecule has 0 amide bonds. The van der Waals surface area contributed by atoms with Gasteiger partial charge in [0, 0.05) is 23.2 Å². The minimum Gasteiger partial charge on any atom is -0.504 e. The molecule has 3 N–H and O–H groups in total. The van der Waals surface area contributed by atoms with Crippen molar-refractivity contribution in [2.24, 2.45) is 11.7 Å². The highest BCUT2D eigenvalue weighted by molar-refractivity contribution is 6.30. The Hall–Kier alpha value is -0.970. The van der Waals surface area contributed by atoms with E-state index < -0.39 is 0 Å². The van der Waals surface area contributed by atoms with Crippen LogP contribution in [0.3, 0.4) is 0 Å². The van der Waals surface area contributed by atoms with Crippen molar-refractivity contribution in [3.63, 3.8) is 0 Å². The number of nitrogens with two attached hydrogens (primary N) is 1. The molecule has 0 saturated carbocycles. The normalized spacial score (nSPS) is 17.6. The number of ether oxygens (including phenoxy) is 1. The van der Waals surface area contributed by atoms with Crippen LogP contribution in [-0.2, 0) is 6.54 Å². The minimum absolute atomic E-state index is 0.188. The van der Waals surface area contributed by atoms with Crippen molar-refractivity contribution in [2.45, 2.75) is 19.4 Å². The fraction of sp³-hybridized carbons (Fsp3) is 0.571. The summed E-state index contributed by atoms with van der Waals surface area (Å²) in [6.07, 6.45) is 2.24. The van der Waals surface area contributed by atoms with Crippen LogP contribution in [0.15, 0.2) is 12.1 Å². The number of halogens is 1. The van der Waals surface area contributed by atoms with E-state index in [1.165, 1.54) is 7.11 Å². The Kier molecular flexibility index (Phi) is 4.91. The number of piperidine rings is 1. The smallest absolute Gasteiger partial charge is 0.162 e. The number of methoxy groups -OCH3 is 1. The van der Waals surface area contributed by atoms with Crippen molar-refractivity contribution in [2.75, 3.05) is 26.7 Å². The number of phenolic OH excluding ortho intramolecular Hbond substituents is 1. The largest absolute Gasteiger partial charge is 0.504 e. The van der Waals surface area contributed by atoms with Crippen molar-refractivity contribution < 1.29 is 9.84 Å². The summed E-state index contributed by atoms with van der Waals surface area (Å²) in [6.45, 7) is 3.48. The third kappa shape index (κ3) is 3.53. The molecule has 4 nitrogen and oxygen atoms in total. The number of phenols is 1. The van der Waals surface area contributed by atoms with E-state index in [4.69, 9.17) is 22.1 Å². The molecule has 1 saturated heterocycles. The van der Waals surface area contributed by atoms with Crippen molar-refractivity contribution in [1.82, 2.24) is 4.90 Å². The minimum atomic E-state index is 0.188. The molecule has 0 unspecified atom stereocenters. The van der Waals surface area contributed by atoms with Gasteiger partial charge in [0.1, 0.15) is 0 Å². The Labute approximate surface area is 119 Å². The van der Waals surface area contributed by atoms with Crippen LogP contribution in [0, 0.1) is 5.92 Å². The quantitative estimate of drug-likeness (QED) is 0.890. The molecule has 0 atom stereocenters. The predicted octanol–water partition coefficient (Wildman–Crippen LogP) is 2.22. The van der Waals surface area contributed by atoms with Gasteiger partial charge in [-0.05, 0) is 44.5 Å². The van der Waals surface area contributed by atoms with Crippen LogP contribution in [0.25, 0.3) is 0 Å². The fourth-order valence-corrected chi connectivity index (χ4v) is 2.76. The van der Waals surface area contributed by atoms with E-state index in [2.05, 4.69) is 4.90 Å². The first kappa shape index (κ1) is 14.4. The molecule has 0 radical (unpaired) electrons. The highest BCUT2D eigenvalue weighted by atomic mass is 35.5. The maximum absolute atomic E-state index is 10.1. The Balaban J connectivity index is 2.05. The maximum atomic E-state index is 10.1. The van der Waals surface area contributed by atoms with Crippen molar-refractivity contribution in [1.29, 1.82) is 0 Å². The summed E-state index contributed by atoms with van der Waals surface area (Å²) in [5.74, 6) is 1.26. The van der Waals surface area contributed by atoms with E-state index in [0.717, 1.165) is 38.0 Å². The van der Waals surface area contributed by atoms with Gasteiger partial charge in [-0.25, -0.2) is 0 Å². The summed E-state index contributed by atoms with van der Waals surface area (Å²) in [4.78, 5) is 2.32. The molecule has 1 heterocycles. The van der Waals surface area contributed by atoms with Crippen LogP contribution in [-0.4, -0.2) is 36.8 Å².